The van der Waals surface area contributed by atoms with E-state index in [9.17, 15) is 14.7 Å². The van der Waals surface area contributed by atoms with E-state index in [0.717, 1.165) is 0 Å². The van der Waals surface area contributed by atoms with Gasteiger partial charge in [0.2, 0.25) is 0 Å². The van der Waals surface area contributed by atoms with Gasteiger partial charge in [0.15, 0.2) is 5.89 Å². The SMILES string of the molecule is Cc1nc(/C=C2\C(=O)N3C(C(=O)[O-])=CS[C@H]23)co1.[Na+]. The Morgan fingerprint density at radius 1 is 1.63 bits per heavy atom. The van der Waals surface area contributed by atoms with Crippen molar-refractivity contribution in [3.63, 3.8) is 0 Å². The number of β-lactam (4-membered cyclic amide) rings is 1. The molecule has 1 amide bonds. The van der Waals surface area contributed by atoms with Gasteiger partial charge in [0.05, 0.1) is 17.2 Å². The molecule has 0 saturated carbocycles. The van der Waals surface area contributed by atoms with E-state index in [1.54, 1.807) is 13.0 Å². The second-order valence-electron chi connectivity index (χ2n) is 3.85. The number of thioether (sulfide) groups is 1. The first-order valence-electron chi connectivity index (χ1n) is 5.12. The number of rotatable bonds is 2. The minimum Gasteiger partial charge on any atom is -0.543 e. The second kappa shape index (κ2) is 5.16. The van der Waals surface area contributed by atoms with Crippen LogP contribution in [0.15, 0.2) is 27.4 Å². The number of carbonyl (C=O) groups is 2. The van der Waals surface area contributed by atoms with Gasteiger partial charge in [-0.3, -0.25) is 9.69 Å². The average Bonchev–Trinajstić information content (AvgIpc) is 2.89. The van der Waals surface area contributed by atoms with Crippen LogP contribution in [-0.2, 0) is 9.59 Å². The maximum atomic E-state index is 11.8. The maximum Gasteiger partial charge on any atom is 1.00 e. The number of hydrogen-bond acceptors (Lipinski definition) is 6. The van der Waals surface area contributed by atoms with Crippen molar-refractivity contribution in [1.82, 2.24) is 9.88 Å². The molecule has 0 unspecified atom stereocenters. The summed E-state index contributed by atoms with van der Waals surface area (Å²) in [6, 6.07) is 0. The van der Waals surface area contributed by atoms with E-state index in [1.807, 2.05) is 0 Å². The molecule has 1 aromatic rings. The van der Waals surface area contributed by atoms with Crippen molar-refractivity contribution in [3.8, 4) is 0 Å². The molecule has 2 aliphatic heterocycles. The molecule has 1 saturated heterocycles. The zero-order chi connectivity index (χ0) is 12.9. The summed E-state index contributed by atoms with van der Waals surface area (Å²) in [6.45, 7) is 1.71. The maximum absolute atomic E-state index is 11.8. The van der Waals surface area contributed by atoms with Crippen molar-refractivity contribution in [2.45, 2.75) is 12.3 Å². The summed E-state index contributed by atoms with van der Waals surface area (Å²) in [5.74, 6) is -1.16. The molecule has 0 radical (unpaired) electrons. The standard InChI is InChI=1S/C11H8N2O4S.Na/c1-5-12-6(3-17-5)2-7-9(14)13-8(11(15)16)4-18-10(7)13;/h2-4,10H,1H3,(H,15,16);/q;+1/p-1/b7-2+;/t10-;/m1./s1. The van der Waals surface area contributed by atoms with Gasteiger partial charge in [-0.25, -0.2) is 4.98 Å². The Labute approximate surface area is 134 Å². The van der Waals surface area contributed by atoms with Crippen LogP contribution in [0.3, 0.4) is 0 Å². The van der Waals surface area contributed by atoms with Gasteiger partial charge in [-0.05, 0) is 11.5 Å². The zero-order valence-corrected chi connectivity index (χ0v) is 13.1. The first kappa shape index (κ1) is 14.4. The van der Waals surface area contributed by atoms with E-state index in [1.165, 1.54) is 28.3 Å². The molecular weight excluding hydrogens is 279 g/mol. The Morgan fingerprint density at radius 2 is 2.37 bits per heavy atom. The first-order valence-corrected chi connectivity index (χ1v) is 6.06. The number of oxazole rings is 1. The Kier molecular flexibility index (Phi) is 3.91. The molecular formula is C11H7N2NaO4S. The molecule has 3 heterocycles. The number of amides is 1. The molecule has 1 fully saturated rings. The van der Waals surface area contributed by atoms with E-state index >= 15 is 0 Å². The number of carbonyl (C=O) groups excluding carboxylic acids is 2. The summed E-state index contributed by atoms with van der Waals surface area (Å²) in [4.78, 5) is 27.9. The van der Waals surface area contributed by atoms with Crippen LogP contribution in [-0.4, -0.2) is 27.1 Å². The second-order valence-corrected chi connectivity index (χ2v) is 4.80. The van der Waals surface area contributed by atoms with Gasteiger partial charge in [-0.15, -0.1) is 11.8 Å². The molecule has 0 aliphatic carbocycles. The minimum absolute atomic E-state index is 0. The van der Waals surface area contributed by atoms with Gasteiger partial charge >= 0.3 is 29.6 Å². The monoisotopic (exact) mass is 286 g/mol. The molecule has 2 aliphatic rings. The first-order chi connectivity index (χ1) is 8.58. The number of fused-ring (bicyclic) bond motifs is 1. The van der Waals surface area contributed by atoms with Crippen LogP contribution in [0.2, 0.25) is 0 Å². The van der Waals surface area contributed by atoms with Crippen LogP contribution in [0, 0.1) is 6.92 Å². The van der Waals surface area contributed by atoms with Crippen molar-refractivity contribution in [2.24, 2.45) is 0 Å². The van der Waals surface area contributed by atoms with Gasteiger partial charge < -0.3 is 14.3 Å². The third kappa shape index (κ3) is 2.27. The largest absolute Gasteiger partial charge is 1.00 e. The van der Waals surface area contributed by atoms with Crippen LogP contribution in [0.4, 0.5) is 0 Å². The van der Waals surface area contributed by atoms with Crippen molar-refractivity contribution in [1.29, 1.82) is 0 Å². The summed E-state index contributed by atoms with van der Waals surface area (Å²) in [6.07, 6.45) is 3.06. The predicted molar refractivity (Wildman–Crippen MR) is 60.5 cm³/mol. The quantitative estimate of drug-likeness (QED) is 0.325. The fourth-order valence-electron chi connectivity index (χ4n) is 1.86. The van der Waals surface area contributed by atoms with E-state index in [0.29, 0.717) is 17.2 Å². The molecule has 6 nitrogen and oxygen atoms in total. The number of hydrogen-bond donors (Lipinski definition) is 0. The third-order valence-corrected chi connectivity index (χ3v) is 3.77. The summed E-state index contributed by atoms with van der Waals surface area (Å²) in [5.41, 5.74) is 0.988. The zero-order valence-electron chi connectivity index (χ0n) is 10.2. The molecule has 1 atom stereocenters. The molecule has 92 valence electrons. The predicted octanol–water partition coefficient (Wildman–Crippen LogP) is -3.12. The smallest absolute Gasteiger partial charge is 0.543 e. The van der Waals surface area contributed by atoms with Crippen molar-refractivity contribution in [2.75, 3.05) is 0 Å². The molecule has 0 N–H and O–H groups in total. The number of aliphatic carboxylic acids is 1. The summed E-state index contributed by atoms with van der Waals surface area (Å²) in [7, 11) is 0. The van der Waals surface area contributed by atoms with Crippen molar-refractivity contribution >= 4 is 29.7 Å². The molecule has 0 spiro atoms. The average molecular weight is 286 g/mol. The van der Waals surface area contributed by atoms with E-state index in [4.69, 9.17) is 4.42 Å². The Balaban J connectivity index is 0.00000133. The summed E-state index contributed by atoms with van der Waals surface area (Å²) < 4.78 is 5.04. The van der Waals surface area contributed by atoms with Crippen LogP contribution in [0.25, 0.3) is 6.08 Å². The van der Waals surface area contributed by atoms with Gasteiger partial charge in [-0.2, -0.15) is 0 Å². The minimum atomic E-state index is -1.34. The molecule has 19 heavy (non-hydrogen) atoms. The molecule has 8 heteroatoms. The van der Waals surface area contributed by atoms with Crippen molar-refractivity contribution in [3.05, 3.63) is 34.5 Å². The number of carboxylic acid groups (broad SMARTS) is 1. The molecule has 0 aromatic carbocycles. The number of nitrogens with zero attached hydrogens (tertiary/aromatic N) is 2. The van der Waals surface area contributed by atoms with E-state index in [2.05, 4.69) is 4.98 Å². The molecule has 1 aromatic heterocycles. The van der Waals surface area contributed by atoms with Gasteiger partial charge in [0, 0.05) is 6.92 Å². The van der Waals surface area contributed by atoms with Gasteiger partial charge in [0.1, 0.15) is 17.3 Å². The van der Waals surface area contributed by atoms with Crippen molar-refractivity contribution < 1.29 is 48.7 Å². The molecule has 0 bridgehead atoms. The molecule has 3 rings (SSSR count). The Bertz CT molecular complexity index is 622. The Hall–Kier alpha value is -1.02. The number of aryl methyl sites for hydroxylation is 1. The summed E-state index contributed by atoms with van der Waals surface area (Å²) in [5, 5.41) is 11.9. The fraction of sp³-hybridized carbons (Fsp3) is 0.182. The fourth-order valence-corrected chi connectivity index (χ4v) is 2.98. The number of carboxylic acids is 1. The van der Waals surface area contributed by atoms with Crippen LogP contribution >= 0.6 is 11.8 Å². The summed E-state index contributed by atoms with van der Waals surface area (Å²) >= 11 is 1.26. The van der Waals surface area contributed by atoms with Gasteiger partial charge in [0.25, 0.3) is 5.91 Å². The van der Waals surface area contributed by atoms with Crippen LogP contribution < -0.4 is 34.7 Å². The Morgan fingerprint density at radius 3 is 2.95 bits per heavy atom. The normalized spacial score (nSPS) is 22.7. The van der Waals surface area contributed by atoms with Crippen LogP contribution in [0.1, 0.15) is 11.6 Å². The van der Waals surface area contributed by atoms with E-state index in [-0.39, 0.29) is 46.5 Å². The van der Waals surface area contributed by atoms with E-state index < -0.39 is 5.97 Å². The van der Waals surface area contributed by atoms with Crippen LogP contribution in [0.5, 0.6) is 0 Å². The number of aromatic nitrogens is 1. The topological polar surface area (TPSA) is 86.5 Å². The van der Waals surface area contributed by atoms with Gasteiger partial charge in [-0.1, -0.05) is 0 Å². The third-order valence-electron chi connectivity index (χ3n) is 2.68.